The molecule has 1 aromatic rings. The molecule has 1 aliphatic carbocycles. The van der Waals surface area contributed by atoms with Crippen LogP contribution in [0.3, 0.4) is 0 Å². The van der Waals surface area contributed by atoms with Crippen molar-refractivity contribution in [3.63, 3.8) is 0 Å². The molecule has 1 saturated heterocycles. The van der Waals surface area contributed by atoms with Gasteiger partial charge >= 0.3 is 6.03 Å². The molecule has 126 valence electrons. The fraction of sp³-hybridized carbons (Fsp3) is 0.632. The predicted molar refractivity (Wildman–Crippen MR) is 95.0 cm³/mol. The maximum atomic E-state index is 12.5. The largest absolute Gasteiger partial charge is 0.322 e. The maximum absolute atomic E-state index is 12.5. The van der Waals surface area contributed by atoms with Gasteiger partial charge in [-0.25, -0.2) is 4.79 Å². The maximum Gasteiger partial charge on any atom is 0.321 e. The Hall–Kier alpha value is -1.55. The van der Waals surface area contributed by atoms with Crippen molar-refractivity contribution >= 4 is 11.7 Å². The van der Waals surface area contributed by atoms with Crippen molar-refractivity contribution in [1.29, 1.82) is 0 Å². The summed E-state index contributed by atoms with van der Waals surface area (Å²) >= 11 is 0. The van der Waals surface area contributed by atoms with Gasteiger partial charge in [-0.05, 0) is 49.9 Å². The Balaban J connectivity index is 1.51. The molecule has 23 heavy (non-hydrogen) atoms. The van der Waals surface area contributed by atoms with Crippen molar-refractivity contribution in [1.82, 2.24) is 9.80 Å². The average molecular weight is 315 g/mol. The normalized spacial score (nSPS) is 20.5. The molecule has 1 saturated carbocycles. The minimum Gasteiger partial charge on any atom is -0.322 e. The lowest BCUT2D eigenvalue weighted by Crippen LogP contribution is -2.53. The number of urea groups is 1. The number of carbonyl (C=O) groups excluding carboxylic acids is 1. The predicted octanol–water partition coefficient (Wildman–Crippen LogP) is 3.79. The van der Waals surface area contributed by atoms with Gasteiger partial charge in [0, 0.05) is 37.9 Å². The summed E-state index contributed by atoms with van der Waals surface area (Å²) in [5.74, 6) is 0. The van der Waals surface area contributed by atoms with E-state index in [-0.39, 0.29) is 6.03 Å². The third-order valence-corrected chi connectivity index (χ3v) is 5.17. The van der Waals surface area contributed by atoms with Crippen LogP contribution in [0.4, 0.5) is 10.5 Å². The highest BCUT2D eigenvalue weighted by molar-refractivity contribution is 5.89. The highest BCUT2D eigenvalue weighted by atomic mass is 16.2. The van der Waals surface area contributed by atoms with Crippen LogP contribution in [0.2, 0.25) is 0 Å². The van der Waals surface area contributed by atoms with Gasteiger partial charge in [-0.3, -0.25) is 4.90 Å². The van der Waals surface area contributed by atoms with Crippen LogP contribution in [0.15, 0.2) is 18.2 Å². The van der Waals surface area contributed by atoms with E-state index in [9.17, 15) is 4.79 Å². The van der Waals surface area contributed by atoms with Crippen LogP contribution in [0.1, 0.15) is 43.2 Å². The molecule has 4 heteroatoms. The number of hydrogen-bond donors (Lipinski definition) is 1. The lowest BCUT2D eigenvalue weighted by Gasteiger charge is -2.40. The standard InChI is InChI=1S/C19H29N3O/c1-15-12-16(2)14-17(13-15)20-19(23)22-10-8-21(9-11-22)18-6-4-3-5-7-18/h12-14,18H,3-11H2,1-2H3,(H,20,23). The number of carbonyl (C=O) groups is 1. The SMILES string of the molecule is Cc1cc(C)cc(NC(=O)N2CCN(C3CCCCC3)CC2)c1. The molecule has 3 rings (SSSR count). The van der Waals surface area contributed by atoms with E-state index in [0.29, 0.717) is 0 Å². The summed E-state index contributed by atoms with van der Waals surface area (Å²) in [5, 5.41) is 3.06. The van der Waals surface area contributed by atoms with Crippen molar-refractivity contribution in [2.45, 2.75) is 52.0 Å². The third-order valence-electron chi connectivity index (χ3n) is 5.17. The topological polar surface area (TPSA) is 35.6 Å². The number of nitrogens with one attached hydrogen (secondary N) is 1. The summed E-state index contributed by atoms with van der Waals surface area (Å²) in [5.41, 5.74) is 3.27. The monoisotopic (exact) mass is 315 g/mol. The van der Waals surface area contributed by atoms with Crippen LogP contribution >= 0.6 is 0 Å². The summed E-state index contributed by atoms with van der Waals surface area (Å²) in [6, 6.07) is 6.98. The zero-order valence-electron chi connectivity index (χ0n) is 14.5. The molecule has 0 unspecified atom stereocenters. The van der Waals surface area contributed by atoms with E-state index in [2.05, 4.69) is 30.1 Å². The van der Waals surface area contributed by atoms with Gasteiger partial charge in [0.1, 0.15) is 0 Å². The lowest BCUT2D eigenvalue weighted by molar-refractivity contribution is 0.0943. The Labute approximate surface area is 139 Å². The van der Waals surface area contributed by atoms with Crippen LogP contribution < -0.4 is 5.32 Å². The van der Waals surface area contributed by atoms with Gasteiger partial charge in [-0.2, -0.15) is 0 Å². The van der Waals surface area contributed by atoms with Crippen molar-refractivity contribution in [2.24, 2.45) is 0 Å². The molecule has 1 heterocycles. The molecule has 0 bridgehead atoms. The molecule has 2 fully saturated rings. The van der Waals surface area contributed by atoms with Crippen LogP contribution in [-0.2, 0) is 0 Å². The summed E-state index contributed by atoms with van der Waals surface area (Å²) in [6.45, 7) is 7.84. The molecule has 0 atom stereocenters. The summed E-state index contributed by atoms with van der Waals surface area (Å²) in [4.78, 5) is 17.0. The Bertz CT molecular complexity index is 523. The van der Waals surface area contributed by atoms with Crippen molar-refractivity contribution in [3.05, 3.63) is 29.3 Å². The highest BCUT2D eigenvalue weighted by Crippen LogP contribution is 2.23. The Morgan fingerprint density at radius 3 is 2.17 bits per heavy atom. The van der Waals surface area contributed by atoms with Gasteiger partial charge in [0.2, 0.25) is 0 Å². The number of anilines is 1. The van der Waals surface area contributed by atoms with Crippen LogP contribution in [0.5, 0.6) is 0 Å². The van der Waals surface area contributed by atoms with Crippen molar-refractivity contribution in [3.8, 4) is 0 Å². The number of hydrogen-bond acceptors (Lipinski definition) is 2. The van der Waals surface area contributed by atoms with E-state index in [1.165, 1.54) is 43.2 Å². The Kier molecular flexibility index (Phi) is 5.21. The minimum absolute atomic E-state index is 0.0401. The van der Waals surface area contributed by atoms with Gasteiger partial charge < -0.3 is 10.2 Å². The van der Waals surface area contributed by atoms with E-state index in [1.54, 1.807) is 0 Å². The Morgan fingerprint density at radius 1 is 0.957 bits per heavy atom. The molecule has 2 amide bonds. The summed E-state index contributed by atoms with van der Waals surface area (Å²) in [7, 11) is 0. The molecular weight excluding hydrogens is 286 g/mol. The first-order valence-electron chi connectivity index (χ1n) is 9.00. The first kappa shape index (κ1) is 16.3. The van der Waals surface area contributed by atoms with E-state index < -0.39 is 0 Å². The highest BCUT2D eigenvalue weighted by Gasteiger charge is 2.26. The summed E-state index contributed by atoms with van der Waals surface area (Å²) in [6.07, 6.45) is 6.83. The number of piperazine rings is 1. The summed E-state index contributed by atoms with van der Waals surface area (Å²) < 4.78 is 0. The number of benzene rings is 1. The zero-order chi connectivity index (χ0) is 16.2. The molecule has 0 spiro atoms. The first-order chi connectivity index (χ1) is 11.1. The number of nitrogens with zero attached hydrogens (tertiary/aromatic N) is 2. The first-order valence-corrected chi connectivity index (χ1v) is 9.00. The molecule has 1 aromatic carbocycles. The molecule has 2 aliphatic rings. The fourth-order valence-corrected chi connectivity index (χ4v) is 3.99. The van der Waals surface area contributed by atoms with E-state index in [0.717, 1.165) is 37.9 Å². The molecule has 0 aromatic heterocycles. The average Bonchev–Trinajstić information content (AvgIpc) is 2.55. The van der Waals surface area contributed by atoms with E-state index in [1.807, 2.05) is 17.0 Å². The van der Waals surface area contributed by atoms with Crippen LogP contribution in [0, 0.1) is 13.8 Å². The van der Waals surface area contributed by atoms with Gasteiger partial charge in [0.05, 0.1) is 0 Å². The Morgan fingerprint density at radius 2 is 1.57 bits per heavy atom. The van der Waals surface area contributed by atoms with Gasteiger partial charge in [-0.1, -0.05) is 25.3 Å². The lowest BCUT2D eigenvalue weighted by atomic mass is 9.94. The third kappa shape index (κ3) is 4.25. The number of aryl methyl sites for hydroxylation is 2. The van der Waals surface area contributed by atoms with Gasteiger partial charge in [0.25, 0.3) is 0 Å². The van der Waals surface area contributed by atoms with Gasteiger partial charge in [0.15, 0.2) is 0 Å². The van der Waals surface area contributed by atoms with Gasteiger partial charge in [-0.15, -0.1) is 0 Å². The van der Waals surface area contributed by atoms with Crippen LogP contribution in [-0.4, -0.2) is 48.1 Å². The van der Waals surface area contributed by atoms with E-state index in [4.69, 9.17) is 0 Å². The molecule has 1 N–H and O–H groups in total. The molecule has 1 aliphatic heterocycles. The zero-order valence-corrected chi connectivity index (χ0v) is 14.5. The number of amides is 2. The fourth-order valence-electron chi connectivity index (χ4n) is 3.99. The minimum atomic E-state index is 0.0401. The second kappa shape index (κ2) is 7.35. The smallest absolute Gasteiger partial charge is 0.321 e. The van der Waals surface area contributed by atoms with Crippen molar-refractivity contribution < 1.29 is 4.79 Å². The van der Waals surface area contributed by atoms with E-state index >= 15 is 0 Å². The molecule has 4 nitrogen and oxygen atoms in total. The second-order valence-electron chi connectivity index (χ2n) is 7.12. The molecule has 0 radical (unpaired) electrons. The van der Waals surface area contributed by atoms with Crippen LogP contribution in [0.25, 0.3) is 0 Å². The number of rotatable bonds is 2. The second-order valence-corrected chi connectivity index (χ2v) is 7.12. The van der Waals surface area contributed by atoms with Crippen molar-refractivity contribution in [2.75, 3.05) is 31.5 Å². The molecular formula is C19H29N3O. The quantitative estimate of drug-likeness (QED) is 0.901.